The fraction of sp³-hybridized carbons (Fsp3) is 0. The lowest BCUT2D eigenvalue weighted by molar-refractivity contribution is 0.0688. The van der Waals surface area contributed by atoms with Gasteiger partial charge < -0.3 is 29.9 Å². The maximum Gasteiger partial charge on any atom is 0.343 e. The van der Waals surface area contributed by atoms with Gasteiger partial charge in [-0.25, -0.2) is 4.79 Å². The van der Waals surface area contributed by atoms with Gasteiger partial charge in [-0.3, -0.25) is 0 Å². The molecule has 0 saturated heterocycles. The van der Waals surface area contributed by atoms with Crippen LogP contribution in [-0.2, 0) is 0 Å². The fourth-order valence-corrected chi connectivity index (χ4v) is 2.27. The van der Waals surface area contributed by atoms with Crippen molar-refractivity contribution in [2.24, 2.45) is 0 Å². The quantitative estimate of drug-likeness (QED) is 0.403. The van der Waals surface area contributed by atoms with Crippen LogP contribution in [0, 0.1) is 0 Å². The van der Waals surface area contributed by atoms with Gasteiger partial charge in [-0.15, -0.1) is 0 Å². The van der Waals surface area contributed by atoms with Gasteiger partial charge in [0.05, 0.1) is 0 Å². The highest BCUT2D eigenvalue weighted by Crippen LogP contribution is 2.54. The van der Waals surface area contributed by atoms with Crippen LogP contribution in [0.1, 0.15) is 10.4 Å². The van der Waals surface area contributed by atoms with Gasteiger partial charge in [0.25, 0.3) is 0 Å². The summed E-state index contributed by atoms with van der Waals surface area (Å²) in [7, 11) is 0. The summed E-state index contributed by atoms with van der Waals surface area (Å²) in [4.78, 5) is 11.3. The van der Waals surface area contributed by atoms with E-state index in [1.165, 1.54) is 0 Å². The Balaban J connectivity index is 2.18. The molecule has 4 N–H and O–H groups in total. The number of phenolic OH excluding ortho intramolecular Hbond substituents is 1. The van der Waals surface area contributed by atoms with Gasteiger partial charge in [0, 0.05) is 0 Å². The van der Waals surface area contributed by atoms with Crippen molar-refractivity contribution in [3.63, 3.8) is 0 Å². The number of para-hydroxylation sites is 2. The lowest BCUT2D eigenvalue weighted by Crippen LogP contribution is -2.01. The molecule has 0 spiro atoms. The minimum Gasteiger partial charge on any atom is -0.503 e. The molecule has 0 aliphatic carbocycles. The average molecular weight is 354 g/mol. The molecule has 132 valence electrons. The molecule has 0 heterocycles. The minimum absolute atomic E-state index is 0.266. The molecule has 0 aromatic heterocycles. The zero-order valence-electron chi connectivity index (χ0n) is 13.3. The van der Waals surface area contributed by atoms with Crippen LogP contribution in [0.4, 0.5) is 0 Å². The number of aromatic carboxylic acids is 1. The molecule has 0 atom stereocenters. The Morgan fingerprint density at radius 2 is 1.08 bits per heavy atom. The molecule has 3 aromatic carbocycles. The number of carboxylic acids is 1. The molecule has 26 heavy (non-hydrogen) atoms. The number of carbonyl (C=O) groups is 1. The van der Waals surface area contributed by atoms with Gasteiger partial charge >= 0.3 is 5.97 Å². The summed E-state index contributed by atoms with van der Waals surface area (Å²) in [5.41, 5.74) is -0.895. The molecule has 3 rings (SSSR count). The van der Waals surface area contributed by atoms with Crippen LogP contribution >= 0.6 is 0 Å². The van der Waals surface area contributed by atoms with E-state index in [0.717, 1.165) is 0 Å². The number of phenols is 3. The molecular weight excluding hydrogens is 340 g/mol. The first-order chi connectivity index (χ1) is 12.5. The van der Waals surface area contributed by atoms with Gasteiger partial charge in [0.15, 0.2) is 17.1 Å². The molecule has 0 aliphatic heterocycles. The lowest BCUT2D eigenvalue weighted by Gasteiger charge is -2.17. The van der Waals surface area contributed by atoms with E-state index in [9.17, 15) is 25.2 Å². The summed E-state index contributed by atoms with van der Waals surface area (Å²) in [6, 6.07) is 16.5. The first-order valence-corrected chi connectivity index (χ1v) is 7.49. The third-order valence-electron chi connectivity index (χ3n) is 3.47. The molecule has 3 aromatic rings. The number of aromatic hydroxyl groups is 3. The SMILES string of the molecule is O=C(O)c1c(O)c(O)c(Oc2ccccc2)c(Oc2ccccc2)c1O. The van der Waals surface area contributed by atoms with E-state index in [-0.39, 0.29) is 11.5 Å². The van der Waals surface area contributed by atoms with Crippen LogP contribution in [0.2, 0.25) is 0 Å². The average Bonchev–Trinajstić information content (AvgIpc) is 2.64. The predicted molar refractivity (Wildman–Crippen MR) is 91.4 cm³/mol. The van der Waals surface area contributed by atoms with E-state index >= 15 is 0 Å². The Hall–Kier alpha value is -3.87. The first kappa shape index (κ1) is 17.0. The van der Waals surface area contributed by atoms with Crippen molar-refractivity contribution in [1.29, 1.82) is 0 Å². The Morgan fingerprint density at radius 3 is 1.50 bits per heavy atom. The summed E-state index contributed by atoms with van der Waals surface area (Å²) in [6.07, 6.45) is 0. The summed E-state index contributed by atoms with van der Waals surface area (Å²) in [5, 5.41) is 39.8. The zero-order chi connectivity index (χ0) is 18.7. The lowest BCUT2D eigenvalue weighted by atomic mass is 10.1. The van der Waals surface area contributed by atoms with E-state index in [1.54, 1.807) is 60.7 Å². The van der Waals surface area contributed by atoms with Crippen molar-refractivity contribution in [3.05, 3.63) is 66.2 Å². The van der Waals surface area contributed by atoms with E-state index in [2.05, 4.69) is 0 Å². The summed E-state index contributed by atoms with van der Waals surface area (Å²) < 4.78 is 11.1. The van der Waals surface area contributed by atoms with Crippen molar-refractivity contribution < 1.29 is 34.7 Å². The van der Waals surface area contributed by atoms with E-state index in [4.69, 9.17) is 9.47 Å². The Bertz CT molecular complexity index is 937. The summed E-state index contributed by atoms with van der Waals surface area (Å²) in [6.45, 7) is 0. The maximum atomic E-state index is 11.3. The van der Waals surface area contributed by atoms with Crippen molar-refractivity contribution in [3.8, 4) is 40.2 Å². The Kier molecular flexibility index (Phi) is 4.53. The zero-order valence-corrected chi connectivity index (χ0v) is 13.3. The van der Waals surface area contributed by atoms with Crippen LogP contribution in [0.15, 0.2) is 60.7 Å². The maximum absolute atomic E-state index is 11.3. The Morgan fingerprint density at radius 1 is 0.654 bits per heavy atom. The van der Waals surface area contributed by atoms with Crippen molar-refractivity contribution in [1.82, 2.24) is 0 Å². The van der Waals surface area contributed by atoms with Gasteiger partial charge in [-0.2, -0.15) is 0 Å². The predicted octanol–water partition coefficient (Wildman–Crippen LogP) is 4.09. The second kappa shape index (κ2) is 6.94. The van der Waals surface area contributed by atoms with Gasteiger partial charge in [0.2, 0.25) is 17.2 Å². The van der Waals surface area contributed by atoms with Crippen LogP contribution in [-0.4, -0.2) is 26.4 Å². The number of ether oxygens (including phenoxy) is 2. The molecule has 0 radical (unpaired) electrons. The number of benzene rings is 3. The second-order valence-corrected chi connectivity index (χ2v) is 5.21. The molecule has 0 unspecified atom stereocenters. The second-order valence-electron chi connectivity index (χ2n) is 5.21. The number of hydrogen-bond donors (Lipinski definition) is 4. The van der Waals surface area contributed by atoms with Crippen LogP contribution in [0.5, 0.6) is 40.2 Å². The number of carboxylic acid groups (broad SMARTS) is 1. The monoisotopic (exact) mass is 354 g/mol. The normalized spacial score (nSPS) is 10.3. The third-order valence-corrected chi connectivity index (χ3v) is 3.47. The van der Waals surface area contributed by atoms with E-state index in [0.29, 0.717) is 0 Å². The first-order valence-electron chi connectivity index (χ1n) is 7.49. The smallest absolute Gasteiger partial charge is 0.343 e. The largest absolute Gasteiger partial charge is 0.503 e. The topological polar surface area (TPSA) is 116 Å². The Labute approximate surface area is 147 Å². The van der Waals surface area contributed by atoms with Crippen molar-refractivity contribution >= 4 is 5.97 Å². The molecule has 0 amide bonds. The van der Waals surface area contributed by atoms with E-state index < -0.39 is 40.3 Å². The van der Waals surface area contributed by atoms with Crippen LogP contribution in [0.3, 0.4) is 0 Å². The highest BCUT2D eigenvalue weighted by Gasteiger charge is 2.30. The number of rotatable bonds is 5. The van der Waals surface area contributed by atoms with Gasteiger partial charge in [-0.1, -0.05) is 36.4 Å². The molecule has 0 fully saturated rings. The summed E-state index contributed by atoms with van der Waals surface area (Å²) in [5.74, 6) is -4.71. The van der Waals surface area contributed by atoms with Crippen LogP contribution < -0.4 is 9.47 Å². The van der Waals surface area contributed by atoms with Gasteiger partial charge in [-0.05, 0) is 24.3 Å². The summed E-state index contributed by atoms with van der Waals surface area (Å²) >= 11 is 0. The van der Waals surface area contributed by atoms with Crippen molar-refractivity contribution in [2.75, 3.05) is 0 Å². The van der Waals surface area contributed by atoms with Crippen molar-refractivity contribution in [2.45, 2.75) is 0 Å². The fourth-order valence-electron chi connectivity index (χ4n) is 2.27. The number of hydrogen-bond acceptors (Lipinski definition) is 6. The van der Waals surface area contributed by atoms with Crippen LogP contribution in [0.25, 0.3) is 0 Å². The highest BCUT2D eigenvalue weighted by atomic mass is 16.5. The minimum atomic E-state index is -1.64. The molecule has 7 heteroatoms. The molecule has 7 nitrogen and oxygen atoms in total. The molecule has 0 aliphatic rings. The third kappa shape index (κ3) is 3.18. The van der Waals surface area contributed by atoms with Gasteiger partial charge in [0.1, 0.15) is 11.5 Å². The molecule has 0 saturated carbocycles. The van der Waals surface area contributed by atoms with E-state index in [1.807, 2.05) is 0 Å². The standard InChI is InChI=1S/C19H14O7/c20-14-13(19(23)24)15(21)17(25-11-7-3-1-4-8-11)18(16(14)22)26-12-9-5-2-6-10-12/h1-10,20-22H,(H,23,24). The molecule has 0 bridgehead atoms. The highest BCUT2D eigenvalue weighted by molar-refractivity contribution is 5.97. The molecular formula is C19H14O7.